The van der Waals surface area contributed by atoms with Gasteiger partial charge in [-0.3, -0.25) is 14.9 Å². The quantitative estimate of drug-likeness (QED) is 0.364. The number of nitro groups is 1. The first-order chi connectivity index (χ1) is 10.9. The third-order valence-electron chi connectivity index (χ3n) is 4.09. The molecule has 0 heterocycles. The lowest BCUT2D eigenvalue weighted by Crippen LogP contribution is -2.25. The highest BCUT2D eigenvalue weighted by Gasteiger charge is 2.53. The molecule has 0 amide bonds. The van der Waals surface area contributed by atoms with E-state index in [1.165, 1.54) is 18.2 Å². The first-order valence-corrected chi connectivity index (χ1v) is 7.53. The summed E-state index contributed by atoms with van der Waals surface area (Å²) in [4.78, 5) is 22.9. The molecule has 118 valence electrons. The molecule has 5 nitrogen and oxygen atoms in total. The summed E-state index contributed by atoms with van der Waals surface area (Å²) in [5.74, 6) is -0.0422. The van der Waals surface area contributed by atoms with Crippen LogP contribution in [0.25, 0.3) is 0 Å². The van der Waals surface area contributed by atoms with Gasteiger partial charge in [-0.1, -0.05) is 23.7 Å². The molecule has 2 aromatic carbocycles. The number of rotatable bonds is 4. The molecule has 0 saturated heterocycles. The standard InChI is InChI=1S/C17H14ClNO4/c1-11-9-14(5-6-15(11)19(21)22)23-16(20)17(7-8-17)12-3-2-4-13(18)10-12/h2-6,9-10H,7-8H2,1H3. The topological polar surface area (TPSA) is 69.4 Å². The fourth-order valence-electron chi connectivity index (χ4n) is 2.62. The monoisotopic (exact) mass is 331 g/mol. The smallest absolute Gasteiger partial charge is 0.321 e. The van der Waals surface area contributed by atoms with Gasteiger partial charge in [0.05, 0.1) is 10.3 Å². The predicted molar refractivity (Wildman–Crippen MR) is 85.8 cm³/mol. The molecule has 1 aliphatic carbocycles. The minimum atomic E-state index is -0.652. The first-order valence-electron chi connectivity index (χ1n) is 7.16. The second-order valence-corrected chi connectivity index (χ2v) is 6.12. The molecule has 0 N–H and O–H groups in total. The van der Waals surface area contributed by atoms with Gasteiger partial charge in [0, 0.05) is 16.7 Å². The number of hydrogen-bond acceptors (Lipinski definition) is 4. The van der Waals surface area contributed by atoms with E-state index in [0.717, 1.165) is 5.56 Å². The maximum Gasteiger partial charge on any atom is 0.321 e. The van der Waals surface area contributed by atoms with Gasteiger partial charge in [0.1, 0.15) is 5.75 Å². The van der Waals surface area contributed by atoms with Crippen LogP contribution in [0.3, 0.4) is 0 Å². The molecule has 0 aliphatic heterocycles. The third-order valence-corrected chi connectivity index (χ3v) is 4.33. The number of carbonyl (C=O) groups excluding carboxylic acids is 1. The van der Waals surface area contributed by atoms with Crippen LogP contribution in [0.15, 0.2) is 42.5 Å². The number of hydrogen-bond donors (Lipinski definition) is 0. The lowest BCUT2D eigenvalue weighted by molar-refractivity contribution is -0.385. The van der Waals surface area contributed by atoms with Crippen molar-refractivity contribution >= 4 is 23.3 Å². The van der Waals surface area contributed by atoms with Gasteiger partial charge in [-0.2, -0.15) is 0 Å². The summed E-state index contributed by atoms with van der Waals surface area (Å²) >= 11 is 6.00. The third kappa shape index (κ3) is 2.92. The summed E-state index contributed by atoms with van der Waals surface area (Å²) < 4.78 is 5.45. The molecular weight excluding hydrogens is 318 g/mol. The van der Waals surface area contributed by atoms with Crippen molar-refractivity contribution in [2.75, 3.05) is 0 Å². The Bertz CT molecular complexity index is 799. The predicted octanol–water partition coefficient (Wildman–Crippen LogP) is 4.19. The van der Waals surface area contributed by atoms with E-state index in [-0.39, 0.29) is 11.7 Å². The van der Waals surface area contributed by atoms with Crippen molar-refractivity contribution < 1.29 is 14.5 Å². The molecule has 1 saturated carbocycles. The molecule has 0 spiro atoms. The Morgan fingerprint density at radius 1 is 1.26 bits per heavy atom. The average Bonchev–Trinajstić information content (AvgIpc) is 3.28. The van der Waals surface area contributed by atoms with Gasteiger partial charge in [-0.15, -0.1) is 0 Å². The van der Waals surface area contributed by atoms with Crippen LogP contribution in [0, 0.1) is 17.0 Å². The van der Waals surface area contributed by atoms with Crippen molar-refractivity contribution in [3.05, 3.63) is 68.7 Å². The van der Waals surface area contributed by atoms with Gasteiger partial charge < -0.3 is 4.74 Å². The van der Waals surface area contributed by atoms with Gasteiger partial charge in [-0.05, 0) is 49.6 Å². The van der Waals surface area contributed by atoms with Gasteiger partial charge in [-0.25, -0.2) is 0 Å². The van der Waals surface area contributed by atoms with E-state index >= 15 is 0 Å². The maximum atomic E-state index is 12.5. The number of halogens is 1. The second-order valence-electron chi connectivity index (χ2n) is 5.69. The van der Waals surface area contributed by atoms with Crippen molar-refractivity contribution in [3.63, 3.8) is 0 Å². The number of nitrogens with zero attached hydrogens (tertiary/aromatic N) is 1. The van der Waals surface area contributed by atoms with E-state index in [9.17, 15) is 14.9 Å². The molecule has 23 heavy (non-hydrogen) atoms. The first kappa shape index (κ1) is 15.5. The van der Waals surface area contributed by atoms with Crippen LogP contribution >= 0.6 is 11.6 Å². The van der Waals surface area contributed by atoms with Crippen LogP contribution in [-0.2, 0) is 10.2 Å². The van der Waals surface area contributed by atoms with Gasteiger partial charge in [0.15, 0.2) is 0 Å². The van der Waals surface area contributed by atoms with E-state index < -0.39 is 10.3 Å². The Kier molecular flexibility index (Phi) is 3.82. The summed E-state index contributed by atoms with van der Waals surface area (Å²) in [5, 5.41) is 11.4. The van der Waals surface area contributed by atoms with Gasteiger partial charge >= 0.3 is 5.97 Å². The van der Waals surface area contributed by atoms with Crippen molar-refractivity contribution in [3.8, 4) is 5.75 Å². The van der Waals surface area contributed by atoms with Crippen LogP contribution in [0.2, 0.25) is 5.02 Å². The molecule has 0 bridgehead atoms. The molecule has 1 fully saturated rings. The number of esters is 1. The van der Waals surface area contributed by atoms with E-state index in [2.05, 4.69) is 0 Å². The van der Waals surface area contributed by atoms with Crippen LogP contribution in [0.1, 0.15) is 24.0 Å². The van der Waals surface area contributed by atoms with E-state index in [4.69, 9.17) is 16.3 Å². The highest BCUT2D eigenvalue weighted by atomic mass is 35.5. The van der Waals surface area contributed by atoms with E-state index in [0.29, 0.717) is 29.2 Å². The molecule has 6 heteroatoms. The summed E-state index contributed by atoms with van der Waals surface area (Å²) in [6, 6.07) is 11.5. The van der Waals surface area contributed by atoms with Crippen LogP contribution < -0.4 is 4.74 Å². The van der Waals surface area contributed by atoms with Crippen molar-refractivity contribution in [1.29, 1.82) is 0 Å². The highest BCUT2D eigenvalue weighted by Crippen LogP contribution is 2.49. The average molecular weight is 332 g/mol. The van der Waals surface area contributed by atoms with Crippen LogP contribution in [0.4, 0.5) is 5.69 Å². The van der Waals surface area contributed by atoms with Crippen molar-refractivity contribution in [1.82, 2.24) is 0 Å². The zero-order chi connectivity index (χ0) is 16.6. The summed E-state index contributed by atoms with van der Waals surface area (Å²) in [6.07, 6.45) is 1.41. The normalized spacial score (nSPS) is 15.0. The molecule has 1 aliphatic rings. The molecule has 2 aromatic rings. The van der Waals surface area contributed by atoms with Crippen LogP contribution in [0.5, 0.6) is 5.75 Å². The molecule has 0 radical (unpaired) electrons. The van der Waals surface area contributed by atoms with E-state index in [1.807, 2.05) is 6.07 Å². The Morgan fingerprint density at radius 3 is 2.57 bits per heavy atom. The Hall–Kier alpha value is -2.40. The summed E-state index contributed by atoms with van der Waals surface area (Å²) in [7, 11) is 0. The number of carbonyl (C=O) groups is 1. The fourth-order valence-corrected chi connectivity index (χ4v) is 2.81. The zero-order valence-corrected chi connectivity index (χ0v) is 13.2. The van der Waals surface area contributed by atoms with E-state index in [1.54, 1.807) is 25.1 Å². The van der Waals surface area contributed by atoms with Gasteiger partial charge in [0.2, 0.25) is 0 Å². The minimum absolute atomic E-state index is 0.000718. The summed E-state index contributed by atoms with van der Waals surface area (Å²) in [6.45, 7) is 1.61. The summed E-state index contributed by atoms with van der Waals surface area (Å²) in [5.41, 5.74) is 0.642. The van der Waals surface area contributed by atoms with Crippen LogP contribution in [-0.4, -0.2) is 10.9 Å². The number of ether oxygens (including phenoxy) is 1. The van der Waals surface area contributed by atoms with Crippen molar-refractivity contribution in [2.45, 2.75) is 25.2 Å². The zero-order valence-electron chi connectivity index (χ0n) is 12.4. The number of nitro benzene ring substituents is 1. The Balaban J connectivity index is 1.82. The van der Waals surface area contributed by atoms with Gasteiger partial charge in [0.25, 0.3) is 5.69 Å². The maximum absolute atomic E-state index is 12.5. The number of benzene rings is 2. The molecule has 0 atom stereocenters. The SMILES string of the molecule is Cc1cc(OC(=O)C2(c3cccc(Cl)c3)CC2)ccc1[N+](=O)[O-]. The lowest BCUT2D eigenvalue weighted by Gasteiger charge is -2.15. The molecule has 3 rings (SSSR count). The lowest BCUT2D eigenvalue weighted by atomic mass is 9.96. The minimum Gasteiger partial charge on any atom is -0.426 e. The second kappa shape index (κ2) is 5.66. The molecular formula is C17H14ClNO4. The fraction of sp³-hybridized carbons (Fsp3) is 0.235. The largest absolute Gasteiger partial charge is 0.426 e. The Morgan fingerprint density at radius 2 is 2.00 bits per heavy atom. The van der Waals surface area contributed by atoms with Crippen molar-refractivity contribution in [2.24, 2.45) is 0 Å². The molecule has 0 aromatic heterocycles. The molecule has 0 unspecified atom stereocenters. The Labute approximate surface area is 138 Å². The number of aryl methyl sites for hydroxylation is 1. The highest BCUT2D eigenvalue weighted by molar-refractivity contribution is 6.30.